The molecule has 108 valence electrons. The highest BCUT2D eigenvalue weighted by atomic mass is 79.9. The van der Waals surface area contributed by atoms with Crippen LogP contribution in [0.3, 0.4) is 0 Å². The van der Waals surface area contributed by atoms with Crippen molar-refractivity contribution in [3.8, 4) is 0 Å². The number of halogens is 1. The van der Waals surface area contributed by atoms with E-state index in [9.17, 15) is 4.79 Å². The van der Waals surface area contributed by atoms with E-state index in [1.54, 1.807) is 0 Å². The number of carbonyl (C=O) groups is 1. The first-order chi connectivity index (χ1) is 9.52. The molecule has 0 atom stereocenters. The van der Waals surface area contributed by atoms with Gasteiger partial charge in [0, 0.05) is 23.5 Å². The third-order valence-corrected chi connectivity index (χ3v) is 4.03. The van der Waals surface area contributed by atoms with E-state index in [2.05, 4.69) is 21.1 Å². The summed E-state index contributed by atoms with van der Waals surface area (Å²) in [6, 6.07) is 6.00. The van der Waals surface area contributed by atoms with Gasteiger partial charge < -0.3 is 15.8 Å². The van der Waals surface area contributed by atoms with E-state index >= 15 is 0 Å². The van der Waals surface area contributed by atoms with Crippen LogP contribution < -0.4 is 5.73 Å². The van der Waals surface area contributed by atoms with Crippen LogP contribution in [0.15, 0.2) is 27.8 Å². The molecule has 1 aliphatic rings. The molecule has 1 saturated carbocycles. The van der Waals surface area contributed by atoms with Gasteiger partial charge in [-0.15, -0.1) is 0 Å². The molecule has 0 bridgehead atoms. The number of aryl methyl sites for hydroxylation is 1. The molecule has 3 N–H and O–H groups in total. The summed E-state index contributed by atoms with van der Waals surface area (Å²) in [6.45, 7) is 2.43. The monoisotopic (exact) mass is 339 g/mol. The number of nitrogens with two attached hydrogens (primary N) is 1. The van der Waals surface area contributed by atoms with Gasteiger partial charge in [0.1, 0.15) is 5.84 Å². The molecule has 6 heteroatoms. The largest absolute Gasteiger partial charge is 0.409 e. The highest BCUT2D eigenvalue weighted by Gasteiger charge is 2.33. The lowest BCUT2D eigenvalue weighted by atomic mass is 10.1. The Hall–Kier alpha value is -1.56. The molecule has 1 amide bonds. The van der Waals surface area contributed by atoms with Crippen molar-refractivity contribution in [1.82, 2.24) is 4.90 Å². The van der Waals surface area contributed by atoms with Crippen LogP contribution in [-0.4, -0.2) is 34.4 Å². The summed E-state index contributed by atoms with van der Waals surface area (Å²) in [5.74, 6) is 0.139. The number of amides is 1. The van der Waals surface area contributed by atoms with Crippen LogP contribution in [0.5, 0.6) is 0 Å². The van der Waals surface area contributed by atoms with Crippen LogP contribution in [0.25, 0.3) is 0 Å². The van der Waals surface area contributed by atoms with Crippen LogP contribution in [0.1, 0.15) is 35.2 Å². The number of hydrogen-bond donors (Lipinski definition) is 2. The quantitative estimate of drug-likeness (QED) is 0.374. The van der Waals surface area contributed by atoms with Gasteiger partial charge in [-0.3, -0.25) is 4.79 Å². The minimum atomic E-state index is -0.00573. The van der Waals surface area contributed by atoms with Gasteiger partial charge >= 0.3 is 0 Å². The molecule has 1 fully saturated rings. The van der Waals surface area contributed by atoms with Gasteiger partial charge in [0.2, 0.25) is 0 Å². The lowest BCUT2D eigenvalue weighted by Crippen LogP contribution is -2.36. The summed E-state index contributed by atoms with van der Waals surface area (Å²) in [6.07, 6.45) is 2.42. The number of carbonyl (C=O) groups excluding carboxylic acids is 1. The third-order valence-electron chi connectivity index (χ3n) is 3.34. The molecule has 1 aromatic carbocycles. The van der Waals surface area contributed by atoms with Gasteiger partial charge in [-0.1, -0.05) is 16.8 Å². The average molecular weight is 340 g/mol. The number of nitrogens with zero attached hydrogens (tertiary/aromatic N) is 2. The first-order valence-corrected chi connectivity index (χ1v) is 7.35. The molecule has 0 aromatic heterocycles. The molecule has 20 heavy (non-hydrogen) atoms. The first-order valence-electron chi connectivity index (χ1n) is 6.56. The van der Waals surface area contributed by atoms with Crippen LogP contribution >= 0.6 is 15.9 Å². The smallest absolute Gasteiger partial charge is 0.255 e. The summed E-state index contributed by atoms with van der Waals surface area (Å²) in [5.41, 5.74) is 7.20. The van der Waals surface area contributed by atoms with E-state index in [4.69, 9.17) is 10.9 Å². The van der Waals surface area contributed by atoms with Crippen molar-refractivity contribution in [3.63, 3.8) is 0 Å². The molecule has 1 aromatic rings. The molecule has 0 radical (unpaired) electrons. The van der Waals surface area contributed by atoms with E-state index in [1.807, 2.05) is 30.0 Å². The zero-order valence-electron chi connectivity index (χ0n) is 11.3. The van der Waals surface area contributed by atoms with Crippen molar-refractivity contribution in [2.24, 2.45) is 10.9 Å². The average Bonchev–Trinajstić information content (AvgIpc) is 3.25. The minimum absolute atomic E-state index is 0.00573. The van der Waals surface area contributed by atoms with E-state index in [0.717, 1.165) is 22.9 Å². The molecular formula is C14H18BrN3O2. The predicted molar refractivity (Wildman–Crippen MR) is 81.0 cm³/mol. The fraction of sp³-hybridized carbons (Fsp3) is 0.429. The summed E-state index contributed by atoms with van der Waals surface area (Å²) in [5, 5.41) is 11.5. The van der Waals surface area contributed by atoms with E-state index < -0.39 is 0 Å². The predicted octanol–water partition coefficient (Wildman–Crippen LogP) is 2.50. The Bertz CT molecular complexity index is 541. The summed E-state index contributed by atoms with van der Waals surface area (Å²) >= 11 is 3.43. The Labute approximate surface area is 126 Å². The lowest BCUT2D eigenvalue weighted by molar-refractivity contribution is 0.0746. The fourth-order valence-electron chi connectivity index (χ4n) is 2.08. The van der Waals surface area contributed by atoms with Gasteiger partial charge in [0.05, 0.1) is 5.56 Å². The molecule has 2 rings (SSSR count). The van der Waals surface area contributed by atoms with Gasteiger partial charge in [-0.25, -0.2) is 0 Å². The van der Waals surface area contributed by atoms with Crippen molar-refractivity contribution in [3.05, 3.63) is 33.8 Å². The number of hydrogen-bond acceptors (Lipinski definition) is 3. The van der Waals surface area contributed by atoms with Crippen molar-refractivity contribution in [2.45, 2.75) is 32.2 Å². The molecule has 0 aliphatic heterocycles. The highest BCUT2D eigenvalue weighted by molar-refractivity contribution is 9.10. The van der Waals surface area contributed by atoms with Gasteiger partial charge in [0.25, 0.3) is 5.91 Å². The molecule has 0 heterocycles. The van der Waals surface area contributed by atoms with Crippen molar-refractivity contribution in [2.75, 3.05) is 6.54 Å². The standard InChI is InChI=1S/C14H18BrN3O2/c1-9-2-5-12(15)11(8-9)14(19)18(10-3-4-10)7-6-13(16)17-20/h2,5,8,10,20H,3-4,6-7H2,1H3,(H2,16,17). The third kappa shape index (κ3) is 3.50. The van der Waals surface area contributed by atoms with Crippen LogP contribution in [-0.2, 0) is 0 Å². The minimum Gasteiger partial charge on any atom is -0.409 e. The van der Waals surface area contributed by atoms with Gasteiger partial charge in [-0.2, -0.15) is 0 Å². The van der Waals surface area contributed by atoms with E-state index in [-0.39, 0.29) is 17.8 Å². The second kappa shape index (κ2) is 6.26. The van der Waals surface area contributed by atoms with Crippen molar-refractivity contribution in [1.29, 1.82) is 0 Å². The molecule has 0 unspecified atom stereocenters. The summed E-state index contributed by atoms with van der Waals surface area (Å²) in [7, 11) is 0. The highest BCUT2D eigenvalue weighted by Crippen LogP contribution is 2.30. The number of oxime groups is 1. The molecule has 0 spiro atoms. The molecule has 1 aliphatic carbocycles. The number of benzene rings is 1. The first kappa shape index (κ1) is 14.8. The number of amidine groups is 1. The molecular weight excluding hydrogens is 322 g/mol. The lowest BCUT2D eigenvalue weighted by Gasteiger charge is -2.23. The fourth-order valence-corrected chi connectivity index (χ4v) is 2.50. The maximum absolute atomic E-state index is 12.7. The Morgan fingerprint density at radius 2 is 2.25 bits per heavy atom. The van der Waals surface area contributed by atoms with Crippen LogP contribution in [0, 0.1) is 6.92 Å². The molecule has 0 saturated heterocycles. The normalized spacial score (nSPS) is 15.2. The topological polar surface area (TPSA) is 78.9 Å². The Kier molecular flexibility index (Phi) is 4.65. The van der Waals surface area contributed by atoms with E-state index in [1.165, 1.54) is 0 Å². The maximum Gasteiger partial charge on any atom is 0.255 e. The zero-order valence-corrected chi connectivity index (χ0v) is 12.9. The van der Waals surface area contributed by atoms with Crippen LogP contribution in [0.4, 0.5) is 0 Å². The van der Waals surface area contributed by atoms with Crippen molar-refractivity contribution < 1.29 is 10.0 Å². The van der Waals surface area contributed by atoms with Gasteiger partial charge in [0.15, 0.2) is 0 Å². The van der Waals surface area contributed by atoms with E-state index in [0.29, 0.717) is 18.5 Å². The molecule has 5 nitrogen and oxygen atoms in total. The summed E-state index contributed by atoms with van der Waals surface area (Å²) in [4.78, 5) is 14.5. The van der Waals surface area contributed by atoms with Crippen LogP contribution in [0.2, 0.25) is 0 Å². The Morgan fingerprint density at radius 3 is 2.85 bits per heavy atom. The van der Waals surface area contributed by atoms with Crippen molar-refractivity contribution >= 4 is 27.7 Å². The SMILES string of the molecule is Cc1ccc(Br)c(C(=O)N(CC/C(N)=N/O)C2CC2)c1. The zero-order chi connectivity index (χ0) is 14.7. The second-order valence-corrected chi connectivity index (χ2v) is 5.91. The second-order valence-electron chi connectivity index (χ2n) is 5.05. The summed E-state index contributed by atoms with van der Waals surface area (Å²) < 4.78 is 0.794. The number of rotatable bonds is 5. The Morgan fingerprint density at radius 1 is 1.55 bits per heavy atom. The Balaban J connectivity index is 2.16. The van der Waals surface area contributed by atoms with Gasteiger partial charge in [-0.05, 0) is 47.8 Å². The maximum atomic E-state index is 12.7.